The van der Waals surface area contributed by atoms with Crippen LogP contribution in [-0.2, 0) is 0 Å². The molecule has 1 aliphatic heterocycles. The predicted molar refractivity (Wildman–Crippen MR) is 77.4 cm³/mol. The van der Waals surface area contributed by atoms with E-state index in [1.165, 1.54) is 6.07 Å². The third-order valence-corrected chi connectivity index (χ3v) is 3.59. The van der Waals surface area contributed by atoms with Gasteiger partial charge in [0.05, 0.1) is 4.92 Å². The molecular formula is C14H19N3O3. The van der Waals surface area contributed by atoms with Crippen LogP contribution in [0.4, 0.5) is 11.4 Å². The van der Waals surface area contributed by atoms with Crippen molar-refractivity contribution in [1.29, 1.82) is 0 Å². The van der Waals surface area contributed by atoms with E-state index in [-0.39, 0.29) is 11.7 Å². The standard InChI is InChI=1S/C14H19N3O3/c1-15(2)9-12-4-3-7-16(12)13-6-5-11(10-18)8-14(13)17(19)20/h5-6,8,10,12H,3-4,7,9H2,1-2H3. The Hall–Kier alpha value is -1.95. The summed E-state index contributed by atoms with van der Waals surface area (Å²) in [6.07, 6.45) is 2.70. The van der Waals surface area contributed by atoms with Crippen LogP contribution in [0.15, 0.2) is 18.2 Å². The molecule has 108 valence electrons. The van der Waals surface area contributed by atoms with Crippen LogP contribution in [0.3, 0.4) is 0 Å². The van der Waals surface area contributed by atoms with Crippen molar-refractivity contribution in [3.63, 3.8) is 0 Å². The Morgan fingerprint density at radius 2 is 2.25 bits per heavy atom. The highest BCUT2D eigenvalue weighted by Crippen LogP contribution is 2.34. The minimum absolute atomic E-state index is 0.0141. The molecule has 0 amide bonds. The summed E-state index contributed by atoms with van der Waals surface area (Å²) >= 11 is 0. The molecule has 1 heterocycles. The molecule has 1 atom stereocenters. The molecule has 1 aromatic carbocycles. The van der Waals surface area contributed by atoms with Crippen molar-refractivity contribution in [2.45, 2.75) is 18.9 Å². The summed E-state index contributed by atoms with van der Waals surface area (Å²) in [5.41, 5.74) is 0.967. The van der Waals surface area contributed by atoms with Gasteiger partial charge in [-0.05, 0) is 39.1 Å². The largest absolute Gasteiger partial charge is 0.362 e. The van der Waals surface area contributed by atoms with Crippen LogP contribution < -0.4 is 4.90 Å². The van der Waals surface area contributed by atoms with Crippen molar-refractivity contribution in [3.05, 3.63) is 33.9 Å². The van der Waals surface area contributed by atoms with Gasteiger partial charge in [0, 0.05) is 30.8 Å². The van der Waals surface area contributed by atoms with E-state index in [9.17, 15) is 14.9 Å². The molecule has 0 radical (unpaired) electrons. The number of benzene rings is 1. The molecule has 6 heteroatoms. The van der Waals surface area contributed by atoms with E-state index in [4.69, 9.17) is 0 Å². The first-order chi connectivity index (χ1) is 9.52. The molecule has 0 spiro atoms. The first-order valence-corrected chi connectivity index (χ1v) is 6.68. The van der Waals surface area contributed by atoms with Gasteiger partial charge in [0.25, 0.3) is 5.69 Å². The summed E-state index contributed by atoms with van der Waals surface area (Å²) in [6, 6.07) is 4.97. The minimum atomic E-state index is -0.409. The van der Waals surface area contributed by atoms with Gasteiger partial charge in [0.1, 0.15) is 12.0 Å². The molecule has 0 N–H and O–H groups in total. The third-order valence-electron chi connectivity index (χ3n) is 3.59. The molecule has 1 fully saturated rings. The molecule has 2 rings (SSSR count). The number of nitro groups is 1. The van der Waals surface area contributed by atoms with Gasteiger partial charge < -0.3 is 9.80 Å². The Balaban J connectivity index is 2.35. The lowest BCUT2D eigenvalue weighted by molar-refractivity contribution is -0.384. The van der Waals surface area contributed by atoms with Crippen molar-refractivity contribution in [2.75, 3.05) is 32.1 Å². The fraction of sp³-hybridized carbons (Fsp3) is 0.500. The Morgan fingerprint density at radius 1 is 1.50 bits per heavy atom. The fourth-order valence-corrected chi connectivity index (χ4v) is 2.77. The zero-order valence-electron chi connectivity index (χ0n) is 11.8. The summed E-state index contributed by atoms with van der Waals surface area (Å²) in [5, 5.41) is 11.2. The minimum Gasteiger partial charge on any atom is -0.362 e. The number of nitrogens with zero attached hydrogens (tertiary/aromatic N) is 3. The van der Waals surface area contributed by atoms with Crippen LogP contribution in [0, 0.1) is 10.1 Å². The van der Waals surface area contributed by atoms with Gasteiger partial charge in [-0.15, -0.1) is 0 Å². The monoisotopic (exact) mass is 277 g/mol. The Labute approximate surface area is 118 Å². The van der Waals surface area contributed by atoms with E-state index in [0.717, 1.165) is 25.9 Å². The Bertz CT molecular complexity index is 516. The topological polar surface area (TPSA) is 66.7 Å². The predicted octanol–water partition coefficient (Wildman–Crippen LogP) is 1.94. The van der Waals surface area contributed by atoms with Gasteiger partial charge in [0.2, 0.25) is 0 Å². The van der Waals surface area contributed by atoms with Gasteiger partial charge in [0.15, 0.2) is 0 Å². The molecule has 20 heavy (non-hydrogen) atoms. The average molecular weight is 277 g/mol. The van der Waals surface area contributed by atoms with E-state index in [1.54, 1.807) is 12.1 Å². The molecule has 1 unspecified atom stereocenters. The van der Waals surface area contributed by atoms with Crippen LogP contribution >= 0.6 is 0 Å². The van der Waals surface area contributed by atoms with Crippen molar-refractivity contribution in [1.82, 2.24) is 4.90 Å². The van der Waals surface area contributed by atoms with Crippen LogP contribution in [0.5, 0.6) is 0 Å². The number of likely N-dealkylation sites (N-methyl/N-ethyl adjacent to an activating group) is 1. The smallest absolute Gasteiger partial charge is 0.293 e. The number of rotatable bonds is 5. The van der Waals surface area contributed by atoms with Crippen molar-refractivity contribution < 1.29 is 9.72 Å². The maximum absolute atomic E-state index is 11.2. The summed E-state index contributed by atoms with van der Waals surface area (Å²) in [4.78, 5) is 25.8. The maximum Gasteiger partial charge on any atom is 0.293 e. The SMILES string of the molecule is CN(C)CC1CCCN1c1ccc(C=O)cc1[N+](=O)[O-]. The van der Waals surface area contributed by atoms with E-state index in [0.29, 0.717) is 17.5 Å². The van der Waals surface area contributed by atoms with Crippen LogP contribution in [0.2, 0.25) is 0 Å². The molecule has 0 aliphatic carbocycles. The first kappa shape index (κ1) is 14.5. The molecule has 0 bridgehead atoms. The molecule has 1 aliphatic rings. The highest BCUT2D eigenvalue weighted by atomic mass is 16.6. The van der Waals surface area contributed by atoms with Gasteiger partial charge in [-0.25, -0.2) is 0 Å². The lowest BCUT2D eigenvalue weighted by Crippen LogP contribution is -2.37. The normalized spacial score (nSPS) is 18.6. The zero-order valence-corrected chi connectivity index (χ0v) is 11.8. The van der Waals surface area contributed by atoms with Crippen LogP contribution in [-0.4, -0.2) is 49.3 Å². The van der Waals surface area contributed by atoms with Crippen LogP contribution in [0.25, 0.3) is 0 Å². The number of carbonyl (C=O) groups is 1. The second-order valence-corrected chi connectivity index (χ2v) is 5.37. The van der Waals surface area contributed by atoms with Crippen molar-refractivity contribution in [2.24, 2.45) is 0 Å². The van der Waals surface area contributed by atoms with Crippen molar-refractivity contribution in [3.8, 4) is 0 Å². The average Bonchev–Trinajstić information content (AvgIpc) is 2.85. The molecular weight excluding hydrogens is 258 g/mol. The zero-order chi connectivity index (χ0) is 14.7. The fourth-order valence-electron chi connectivity index (χ4n) is 2.77. The summed E-state index contributed by atoms with van der Waals surface area (Å²) < 4.78 is 0. The van der Waals surface area contributed by atoms with Gasteiger partial charge in [-0.1, -0.05) is 0 Å². The molecule has 1 saturated heterocycles. The Morgan fingerprint density at radius 3 is 2.85 bits per heavy atom. The first-order valence-electron chi connectivity index (χ1n) is 6.68. The van der Waals surface area contributed by atoms with Crippen molar-refractivity contribution >= 4 is 17.7 Å². The summed E-state index contributed by atoms with van der Waals surface area (Å²) in [5.74, 6) is 0. The number of hydrogen-bond donors (Lipinski definition) is 0. The quantitative estimate of drug-likeness (QED) is 0.467. The maximum atomic E-state index is 11.2. The van der Waals surface area contributed by atoms with Gasteiger partial charge in [-0.2, -0.15) is 0 Å². The highest BCUT2D eigenvalue weighted by molar-refractivity contribution is 5.79. The molecule has 1 aromatic rings. The lowest BCUT2D eigenvalue weighted by atomic mass is 10.1. The highest BCUT2D eigenvalue weighted by Gasteiger charge is 2.30. The van der Waals surface area contributed by atoms with Gasteiger partial charge >= 0.3 is 0 Å². The van der Waals surface area contributed by atoms with E-state index in [1.807, 2.05) is 14.1 Å². The van der Waals surface area contributed by atoms with Gasteiger partial charge in [-0.3, -0.25) is 14.9 Å². The lowest BCUT2D eigenvalue weighted by Gasteiger charge is -2.28. The second-order valence-electron chi connectivity index (χ2n) is 5.37. The molecule has 6 nitrogen and oxygen atoms in total. The summed E-state index contributed by atoms with van der Waals surface area (Å²) in [7, 11) is 4.00. The third kappa shape index (κ3) is 2.96. The Kier molecular flexibility index (Phi) is 4.34. The van der Waals surface area contributed by atoms with E-state index >= 15 is 0 Å². The molecule has 0 aromatic heterocycles. The number of aldehydes is 1. The van der Waals surface area contributed by atoms with E-state index in [2.05, 4.69) is 9.80 Å². The van der Waals surface area contributed by atoms with Crippen LogP contribution in [0.1, 0.15) is 23.2 Å². The number of anilines is 1. The number of nitro benzene ring substituents is 1. The van der Waals surface area contributed by atoms with E-state index < -0.39 is 4.92 Å². The molecule has 0 saturated carbocycles. The summed E-state index contributed by atoms with van der Waals surface area (Å²) in [6.45, 7) is 1.69. The number of hydrogen-bond acceptors (Lipinski definition) is 5. The number of carbonyl (C=O) groups excluding carboxylic acids is 1. The second kappa shape index (κ2) is 6.00.